The maximum absolute atomic E-state index is 12.0. The van der Waals surface area contributed by atoms with Gasteiger partial charge in [0.1, 0.15) is 0 Å². The minimum Gasteiger partial charge on any atom is -0.348 e. The molecule has 1 saturated carbocycles. The van der Waals surface area contributed by atoms with Crippen LogP contribution in [0.2, 0.25) is 0 Å². The summed E-state index contributed by atoms with van der Waals surface area (Å²) in [7, 11) is 0. The van der Waals surface area contributed by atoms with Gasteiger partial charge < -0.3 is 11.1 Å². The molecule has 17 heavy (non-hydrogen) atoms. The molecule has 1 aromatic carbocycles. The number of amides is 1. The van der Waals surface area contributed by atoms with Crippen LogP contribution in [0.15, 0.2) is 28.7 Å². The molecule has 4 heteroatoms. The molecular weight excluding hydrogens is 280 g/mol. The van der Waals surface area contributed by atoms with E-state index in [1.54, 1.807) is 0 Å². The minimum atomic E-state index is -0.621. The lowest BCUT2D eigenvalue weighted by Crippen LogP contribution is -2.58. The zero-order valence-electron chi connectivity index (χ0n) is 9.87. The Labute approximate surface area is 110 Å². The molecule has 0 aliphatic heterocycles. The fourth-order valence-corrected chi connectivity index (χ4v) is 2.22. The van der Waals surface area contributed by atoms with Gasteiger partial charge in [-0.15, -0.1) is 0 Å². The number of benzene rings is 1. The van der Waals surface area contributed by atoms with Crippen LogP contribution in [0.1, 0.15) is 37.8 Å². The van der Waals surface area contributed by atoms with Crippen molar-refractivity contribution in [2.75, 3.05) is 0 Å². The SMILES string of the molecule is C[C@@H](NC(=O)C1(N)CCC1)c1ccc(Br)cc1. The first-order chi connectivity index (χ1) is 8.01. The number of nitrogens with one attached hydrogen (secondary N) is 1. The third-order valence-electron chi connectivity index (χ3n) is 3.42. The highest BCUT2D eigenvalue weighted by Gasteiger charge is 2.40. The average Bonchev–Trinajstić information content (AvgIpc) is 2.26. The molecule has 0 unspecified atom stereocenters. The zero-order valence-corrected chi connectivity index (χ0v) is 11.5. The number of carbonyl (C=O) groups excluding carboxylic acids is 1. The summed E-state index contributed by atoms with van der Waals surface area (Å²) in [6.45, 7) is 1.98. The molecule has 0 heterocycles. The highest BCUT2D eigenvalue weighted by atomic mass is 79.9. The van der Waals surface area contributed by atoms with E-state index in [2.05, 4.69) is 21.2 Å². The van der Waals surface area contributed by atoms with Gasteiger partial charge >= 0.3 is 0 Å². The van der Waals surface area contributed by atoms with Gasteiger partial charge in [-0.3, -0.25) is 4.79 Å². The Hall–Kier alpha value is -0.870. The van der Waals surface area contributed by atoms with Crippen LogP contribution < -0.4 is 11.1 Å². The molecule has 0 saturated heterocycles. The van der Waals surface area contributed by atoms with E-state index < -0.39 is 5.54 Å². The Balaban J connectivity index is 1.99. The quantitative estimate of drug-likeness (QED) is 0.900. The first-order valence-corrected chi connectivity index (χ1v) is 6.66. The van der Waals surface area contributed by atoms with E-state index in [4.69, 9.17) is 5.73 Å². The third kappa shape index (κ3) is 2.69. The molecule has 0 aromatic heterocycles. The van der Waals surface area contributed by atoms with Crippen molar-refractivity contribution in [1.82, 2.24) is 5.32 Å². The van der Waals surface area contributed by atoms with Gasteiger partial charge in [-0.1, -0.05) is 28.1 Å². The smallest absolute Gasteiger partial charge is 0.240 e. The maximum atomic E-state index is 12.0. The second-order valence-electron chi connectivity index (χ2n) is 4.76. The number of rotatable bonds is 3. The van der Waals surface area contributed by atoms with Crippen molar-refractivity contribution in [2.24, 2.45) is 5.73 Å². The second kappa shape index (κ2) is 4.78. The first-order valence-electron chi connectivity index (χ1n) is 5.86. The van der Waals surface area contributed by atoms with Gasteiger partial charge in [0.05, 0.1) is 11.6 Å². The fourth-order valence-electron chi connectivity index (χ4n) is 1.96. The number of hydrogen-bond acceptors (Lipinski definition) is 2. The predicted octanol–water partition coefficient (Wildman–Crippen LogP) is 2.51. The standard InChI is InChI=1S/C13H17BrN2O/c1-9(10-3-5-11(14)6-4-10)16-12(17)13(15)7-2-8-13/h3-6,9H,2,7-8,15H2,1H3,(H,16,17)/t9-/m1/s1. The normalized spacial score (nSPS) is 19.2. The van der Waals surface area contributed by atoms with Crippen LogP contribution in [-0.4, -0.2) is 11.4 Å². The number of hydrogen-bond donors (Lipinski definition) is 2. The fraction of sp³-hybridized carbons (Fsp3) is 0.462. The Morgan fingerprint density at radius 1 is 1.41 bits per heavy atom. The molecule has 0 bridgehead atoms. The Kier molecular flexibility index (Phi) is 3.54. The lowest BCUT2D eigenvalue weighted by atomic mass is 9.77. The van der Waals surface area contributed by atoms with Crippen molar-refractivity contribution in [1.29, 1.82) is 0 Å². The van der Waals surface area contributed by atoms with Gasteiger partial charge in [0.15, 0.2) is 0 Å². The van der Waals surface area contributed by atoms with Crippen LogP contribution in [0.25, 0.3) is 0 Å². The van der Waals surface area contributed by atoms with Crippen molar-refractivity contribution in [2.45, 2.75) is 37.8 Å². The maximum Gasteiger partial charge on any atom is 0.240 e. The Bertz CT molecular complexity index is 412. The van der Waals surface area contributed by atoms with Gasteiger partial charge in [0, 0.05) is 4.47 Å². The summed E-state index contributed by atoms with van der Waals surface area (Å²) in [5.74, 6) is -0.0285. The van der Waals surface area contributed by atoms with E-state index in [9.17, 15) is 4.79 Å². The Morgan fingerprint density at radius 3 is 2.47 bits per heavy atom. The molecule has 1 amide bonds. The summed E-state index contributed by atoms with van der Waals surface area (Å²) in [5, 5.41) is 2.98. The van der Waals surface area contributed by atoms with Crippen LogP contribution in [0.4, 0.5) is 0 Å². The van der Waals surface area contributed by atoms with Gasteiger partial charge in [-0.2, -0.15) is 0 Å². The highest BCUT2D eigenvalue weighted by molar-refractivity contribution is 9.10. The molecule has 1 atom stereocenters. The van der Waals surface area contributed by atoms with E-state index in [-0.39, 0.29) is 11.9 Å². The molecule has 0 spiro atoms. The first kappa shape index (κ1) is 12.6. The summed E-state index contributed by atoms with van der Waals surface area (Å²) in [5.41, 5.74) is 6.44. The monoisotopic (exact) mass is 296 g/mol. The number of halogens is 1. The molecule has 1 aliphatic carbocycles. The summed E-state index contributed by atoms with van der Waals surface area (Å²) in [4.78, 5) is 12.0. The molecule has 0 radical (unpaired) electrons. The predicted molar refractivity (Wildman–Crippen MR) is 71.5 cm³/mol. The summed E-state index contributed by atoms with van der Waals surface area (Å²) in [6, 6.07) is 7.94. The second-order valence-corrected chi connectivity index (χ2v) is 5.67. The highest BCUT2D eigenvalue weighted by Crippen LogP contribution is 2.30. The third-order valence-corrected chi connectivity index (χ3v) is 3.94. The number of carbonyl (C=O) groups is 1. The molecule has 92 valence electrons. The number of nitrogens with two attached hydrogens (primary N) is 1. The van der Waals surface area contributed by atoms with Crippen molar-refractivity contribution in [3.63, 3.8) is 0 Å². The van der Waals surface area contributed by atoms with Gasteiger partial charge in [0.2, 0.25) is 5.91 Å². The van der Waals surface area contributed by atoms with Crippen LogP contribution in [0.5, 0.6) is 0 Å². The van der Waals surface area contributed by atoms with E-state index >= 15 is 0 Å². The minimum absolute atomic E-state index is 0.00313. The molecule has 2 rings (SSSR count). The van der Waals surface area contributed by atoms with Crippen molar-refractivity contribution < 1.29 is 4.79 Å². The van der Waals surface area contributed by atoms with Crippen molar-refractivity contribution in [3.05, 3.63) is 34.3 Å². The van der Waals surface area contributed by atoms with E-state index in [1.807, 2.05) is 31.2 Å². The van der Waals surface area contributed by atoms with E-state index in [1.165, 1.54) is 0 Å². The molecule has 1 aromatic rings. The molecular formula is C13H17BrN2O. The largest absolute Gasteiger partial charge is 0.348 e. The summed E-state index contributed by atoms with van der Waals surface area (Å²) < 4.78 is 1.04. The van der Waals surface area contributed by atoms with Crippen LogP contribution >= 0.6 is 15.9 Å². The average molecular weight is 297 g/mol. The lowest BCUT2D eigenvalue weighted by molar-refractivity contribution is -0.129. The zero-order chi connectivity index (χ0) is 12.5. The summed E-state index contributed by atoms with van der Waals surface area (Å²) >= 11 is 3.39. The van der Waals surface area contributed by atoms with Crippen LogP contribution in [0.3, 0.4) is 0 Å². The van der Waals surface area contributed by atoms with Crippen LogP contribution in [-0.2, 0) is 4.79 Å². The van der Waals surface area contributed by atoms with Gasteiger partial charge in [-0.05, 0) is 43.9 Å². The molecule has 3 nitrogen and oxygen atoms in total. The van der Waals surface area contributed by atoms with E-state index in [0.717, 1.165) is 29.3 Å². The molecule has 3 N–H and O–H groups in total. The van der Waals surface area contributed by atoms with Crippen molar-refractivity contribution >= 4 is 21.8 Å². The van der Waals surface area contributed by atoms with Crippen molar-refractivity contribution in [3.8, 4) is 0 Å². The Morgan fingerprint density at radius 2 is 2.00 bits per heavy atom. The molecule has 1 aliphatic rings. The lowest BCUT2D eigenvalue weighted by Gasteiger charge is -2.37. The molecule has 1 fully saturated rings. The van der Waals surface area contributed by atoms with Gasteiger partial charge in [0.25, 0.3) is 0 Å². The van der Waals surface area contributed by atoms with Crippen LogP contribution in [0, 0.1) is 0 Å². The van der Waals surface area contributed by atoms with E-state index in [0.29, 0.717) is 0 Å². The van der Waals surface area contributed by atoms with Gasteiger partial charge in [-0.25, -0.2) is 0 Å². The topological polar surface area (TPSA) is 55.1 Å². The summed E-state index contributed by atoms with van der Waals surface area (Å²) in [6.07, 6.45) is 2.65.